The molecule has 9 aromatic carbocycles. The maximum atomic E-state index is 8.76. The van der Waals surface area contributed by atoms with Crippen LogP contribution in [0, 0.1) is 6.85 Å². The molecule has 12 rings (SSSR count). The van der Waals surface area contributed by atoms with Crippen LogP contribution >= 0.6 is 0 Å². The molecule has 0 N–H and O–H groups in total. The molecule has 78 heavy (non-hydrogen) atoms. The van der Waals surface area contributed by atoms with Crippen LogP contribution in [0.2, 0.25) is 0 Å². The van der Waals surface area contributed by atoms with Gasteiger partial charge in [-0.05, 0) is 122 Å². The van der Waals surface area contributed by atoms with Crippen LogP contribution in [0.1, 0.15) is 88.7 Å². The molecular weight excluding hydrogens is 949 g/mol. The third kappa shape index (κ3) is 9.42. The molecule has 0 amide bonds. The summed E-state index contributed by atoms with van der Waals surface area (Å²) in [4.78, 5) is 9.90. The molecular formula is C73H68N4O. The molecule has 0 aliphatic carbocycles. The first-order chi connectivity index (χ1) is 38.7. The molecule has 0 unspecified atom stereocenters. The summed E-state index contributed by atoms with van der Waals surface area (Å²) < 4.78 is 35.2. The van der Waals surface area contributed by atoms with Gasteiger partial charge in [0.2, 0.25) is 0 Å². The molecule has 3 heterocycles. The number of hydrogen-bond acceptors (Lipinski definition) is 4. The minimum Gasteiger partial charge on any atom is -0.457 e. The van der Waals surface area contributed by atoms with Crippen molar-refractivity contribution in [1.82, 2.24) is 9.55 Å². The van der Waals surface area contributed by atoms with Crippen molar-refractivity contribution in [2.45, 2.75) is 85.4 Å². The summed E-state index contributed by atoms with van der Waals surface area (Å²) in [6.07, 6.45) is 1.72. The van der Waals surface area contributed by atoms with E-state index in [9.17, 15) is 0 Å². The number of benzene rings is 9. The molecule has 0 atom stereocenters. The number of anilines is 4. The Morgan fingerprint density at radius 3 is 1.72 bits per heavy atom. The zero-order valence-electron chi connectivity index (χ0n) is 49.2. The van der Waals surface area contributed by atoms with Crippen LogP contribution in [-0.4, -0.2) is 16.2 Å². The van der Waals surface area contributed by atoms with Crippen LogP contribution in [0.25, 0.3) is 72.1 Å². The fourth-order valence-electron chi connectivity index (χ4n) is 11.1. The van der Waals surface area contributed by atoms with Crippen molar-refractivity contribution in [2.24, 2.45) is 0 Å². The Kier molecular flexibility index (Phi) is 11.6. The van der Waals surface area contributed by atoms with Crippen molar-refractivity contribution in [2.75, 3.05) is 16.5 Å². The fraction of sp³-hybridized carbons (Fsp3) is 0.192. The van der Waals surface area contributed by atoms with E-state index in [1.807, 2.05) is 42.5 Å². The van der Waals surface area contributed by atoms with E-state index < -0.39 is 6.85 Å². The predicted octanol–water partition coefficient (Wildman–Crippen LogP) is 20.1. The molecule has 0 radical (unpaired) electrons. The number of rotatable bonds is 9. The van der Waals surface area contributed by atoms with E-state index in [-0.39, 0.29) is 21.8 Å². The van der Waals surface area contributed by atoms with Gasteiger partial charge in [-0.3, -0.25) is 4.57 Å². The second-order valence-corrected chi connectivity index (χ2v) is 24.0. The number of hydrogen-bond donors (Lipinski definition) is 0. The van der Waals surface area contributed by atoms with E-state index in [2.05, 4.69) is 240 Å². The SMILES string of the molecule is [2H]C([2H])([2H])c1cc(-n2c3ccccc3c3ccc(Oc4cccc(N5CN(c6c(-c7ccc(-c8ccccc8)cc7)cccc6-c6cc(C(C)(C)C)cc(C(C)(C)C)c6)c6ccccc65)c4)cc32)ncc1-c1cccc(C(C)(C)C)c1. The summed E-state index contributed by atoms with van der Waals surface area (Å²) in [5.41, 5.74) is 18.3. The number of aromatic nitrogens is 2. The molecule has 0 spiro atoms. The molecule has 1 aliphatic rings. The normalized spacial score (nSPS) is 13.6. The molecule has 5 heteroatoms. The smallest absolute Gasteiger partial charge is 0.137 e. The van der Waals surface area contributed by atoms with Gasteiger partial charge in [0.25, 0.3) is 0 Å². The summed E-state index contributed by atoms with van der Waals surface area (Å²) in [7, 11) is 0. The lowest BCUT2D eigenvalue weighted by Crippen LogP contribution is -2.25. The number of nitrogens with zero attached hydrogens (tertiary/aromatic N) is 4. The summed E-state index contributed by atoms with van der Waals surface area (Å²) >= 11 is 0. The summed E-state index contributed by atoms with van der Waals surface area (Å²) in [6.45, 7) is 18.5. The Bertz CT molecular complexity index is 4140. The highest BCUT2D eigenvalue weighted by atomic mass is 16.5. The molecule has 11 aromatic rings. The average molecular weight is 1020 g/mol. The average Bonchev–Trinajstić information content (AvgIpc) is 4.27. The molecule has 2 aromatic heterocycles. The first-order valence-corrected chi connectivity index (χ1v) is 27.2. The first kappa shape index (κ1) is 46.6. The van der Waals surface area contributed by atoms with Gasteiger partial charge in [0.1, 0.15) is 24.0 Å². The maximum absolute atomic E-state index is 8.76. The van der Waals surface area contributed by atoms with Crippen molar-refractivity contribution in [3.8, 4) is 61.8 Å². The van der Waals surface area contributed by atoms with E-state index in [0.29, 0.717) is 29.5 Å². The standard InChI is InChI=1S/C73H68N4O/c1-48-39-69(74-46-64(48)52-23-18-24-54(40-52)71(2,3)4)77-65-30-15-14-27-62(65)63-38-37-59(45-68(63)77)78-58-26-19-25-57(44-58)75-47-76(67-32-17-16-31-66(67)75)70-60(51-35-33-50(34-36-51)49-21-12-11-13-22-49)28-20-29-61(70)53-41-55(72(5,6)7)43-56(42-53)73(8,9)10/h11-46H,47H2,1-10H3/i1D3. The highest BCUT2D eigenvalue weighted by molar-refractivity contribution is 6.09. The number of fused-ring (bicyclic) bond motifs is 4. The molecule has 0 saturated heterocycles. The second-order valence-electron chi connectivity index (χ2n) is 24.0. The van der Waals surface area contributed by atoms with Gasteiger partial charge in [-0.15, -0.1) is 0 Å². The molecule has 1 aliphatic heterocycles. The van der Waals surface area contributed by atoms with Gasteiger partial charge in [0.15, 0.2) is 0 Å². The van der Waals surface area contributed by atoms with Crippen molar-refractivity contribution in [3.63, 3.8) is 0 Å². The second kappa shape index (κ2) is 19.4. The topological polar surface area (TPSA) is 33.5 Å². The monoisotopic (exact) mass is 1020 g/mol. The number of ether oxygens (including phenoxy) is 1. The van der Waals surface area contributed by atoms with Crippen molar-refractivity contribution in [1.29, 1.82) is 0 Å². The minimum absolute atomic E-state index is 0.0652. The molecule has 386 valence electrons. The van der Waals surface area contributed by atoms with Crippen molar-refractivity contribution in [3.05, 3.63) is 241 Å². The highest BCUT2D eigenvalue weighted by Crippen LogP contribution is 2.51. The quantitative estimate of drug-likeness (QED) is 0.144. The van der Waals surface area contributed by atoms with Gasteiger partial charge in [-0.2, -0.15) is 0 Å². The lowest BCUT2D eigenvalue weighted by Gasteiger charge is -2.29. The van der Waals surface area contributed by atoms with E-state index >= 15 is 0 Å². The van der Waals surface area contributed by atoms with Crippen molar-refractivity contribution < 1.29 is 8.85 Å². The largest absolute Gasteiger partial charge is 0.457 e. The molecule has 0 saturated carbocycles. The van der Waals surface area contributed by atoms with E-state index in [1.165, 1.54) is 33.4 Å². The van der Waals surface area contributed by atoms with Crippen LogP contribution in [0.15, 0.2) is 219 Å². The highest BCUT2D eigenvalue weighted by Gasteiger charge is 2.32. The Labute approximate surface area is 465 Å². The lowest BCUT2D eigenvalue weighted by molar-refractivity contribution is 0.483. The van der Waals surface area contributed by atoms with E-state index in [4.69, 9.17) is 13.8 Å². The Morgan fingerprint density at radius 2 is 1.00 bits per heavy atom. The molecule has 0 bridgehead atoms. The summed E-state index contributed by atoms with van der Waals surface area (Å²) in [6, 6.07) is 74.8. The Morgan fingerprint density at radius 1 is 0.423 bits per heavy atom. The van der Waals surface area contributed by atoms with Gasteiger partial charge in [-0.1, -0.05) is 214 Å². The van der Waals surface area contributed by atoms with E-state index in [1.54, 1.807) is 12.3 Å². The third-order valence-corrected chi connectivity index (χ3v) is 15.5. The van der Waals surface area contributed by atoms with Crippen LogP contribution < -0.4 is 14.5 Å². The van der Waals surface area contributed by atoms with Crippen LogP contribution in [0.3, 0.4) is 0 Å². The Balaban J connectivity index is 0.933. The van der Waals surface area contributed by atoms with Gasteiger partial charge in [0.05, 0.1) is 28.1 Å². The van der Waals surface area contributed by atoms with Crippen LogP contribution in [-0.2, 0) is 16.2 Å². The molecule has 0 fully saturated rings. The first-order valence-electron chi connectivity index (χ1n) is 28.7. The summed E-state index contributed by atoms with van der Waals surface area (Å²) in [5.74, 6) is 1.84. The van der Waals surface area contributed by atoms with Crippen LogP contribution in [0.4, 0.5) is 22.7 Å². The number of para-hydroxylation sites is 4. The van der Waals surface area contributed by atoms with Crippen molar-refractivity contribution >= 4 is 44.6 Å². The van der Waals surface area contributed by atoms with E-state index in [0.717, 1.165) is 66.8 Å². The maximum Gasteiger partial charge on any atom is 0.137 e. The Hall–Kier alpha value is -8.67. The number of pyridine rings is 1. The summed E-state index contributed by atoms with van der Waals surface area (Å²) in [5, 5.41) is 2.04. The van der Waals surface area contributed by atoms with Gasteiger partial charge < -0.3 is 14.5 Å². The minimum atomic E-state index is -2.40. The van der Waals surface area contributed by atoms with Crippen LogP contribution in [0.5, 0.6) is 11.5 Å². The number of aryl methyl sites for hydroxylation is 1. The molecule has 5 nitrogen and oxygen atoms in total. The van der Waals surface area contributed by atoms with Gasteiger partial charge in [-0.25, -0.2) is 4.98 Å². The van der Waals surface area contributed by atoms with Gasteiger partial charge in [0, 0.05) is 55.6 Å². The lowest BCUT2D eigenvalue weighted by atomic mass is 9.78. The third-order valence-electron chi connectivity index (χ3n) is 15.5. The predicted molar refractivity (Wildman–Crippen MR) is 330 cm³/mol. The zero-order valence-corrected chi connectivity index (χ0v) is 46.2. The van der Waals surface area contributed by atoms with Gasteiger partial charge >= 0.3 is 0 Å². The zero-order chi connectivity index (χ0) is 56.6. The fourth-order valence-corrected chi connectivity index (χ4v) is 11.1.